The van der Waals surface area contributed by atoms with Crippen molar-refractivity contribution in [3.05, 3.63) is 12.7 Å². The van der Waals surface area contributed by atoms with Crippen molar-refractivity contribution in [2.75, 3.05) is 20.1 Å². The fraction of sp³-hybridized carbons (Fsp3) is 0.700. The number of nitrogens with one attached hydrogen (secondary N) is 2. The van der Waals surface area contributed by atoms with Crippen molar-refractivity contribution in [1.29, 1.82) is 0 Å². The summed E-state index contributed by atoms with van der Waals surface area (Å²) in [7, 11) is 0. The smallest absolute Gasteiger partial charge is 0.410 e. The van der Waals surface area contributed by atoms with Crippen LogP contribution in [0.2, 0.25) is 0 Å². The standard InChI is InChI=1S/C20H32N2O8/c1-6-15(23)27-12-29-17(25)21-11-20(5)9-14(8-19(3,4)10-20)22-18(26)30-13-28-16(24)7-2/h6,14H,1,7-13H2,2-5H3,(H,21,25)(H,22,26). The minimum Gasteiger partial charge on any atom is -0.428 e. The summed E-state index contributed by atoms with van der Waals surface area (Å²) >= 11 is 0. The van der Waals surface area contributed by atoms with Crippen LogP contribution in [0.15, 0.2) is 12.7 Å². The quantitative estimate of drug-likeness (QED) is 0.326. The zero-order chi connectivity index (χ0) is 22.8. The molecule has 0 aromatic carbocycles. The van der Waals surface area contributed by atoms with Gasteiger partial charge in [-0.15, -0.1) is 0 Å². The van der Waals surface area contributed by atoms with Crippen LogP contribution in [0.4, 0.5) is 9.59 Å². The molecule has 10 heteroatoms. The van der Waals surface area contributed by atoms with Gasteiger partial charge in [-0.3, -0.25) is 4.79 Å². The molecule has 1 rings (SSSR count). The van der Waals surface area contributed by atoms with Gasteiger partial charge in [-0.05, 0) is 30.1 Å². The highest BCUT2D eigenvalue weighted by molar-refractivity contribution is 5.81. The van der Waals surface area contributed by atoms with Crippen molar-refractivity contribution in [2.24, 2.45) is 10.8 Å². The van der Waals surface area contributed by atoms with Crippen LogP contribution >= 0.6 is 0 Å². The molecule has 2 unspecified atom stereocenters. The number of carbonyl (C=O) groups is 4. The van der Waals surface area contributed by atoms with Gasteiger partial charge in [0.2, 0.25) is 13.6 Å². The molecule has 0 bridgehead atoms. The monoisotopic (exact) mass is 428 g/mol. The lowest BCUT2D eigenvalue weighted by Gasteiger charge is -2.46. The minimum atomic E-state index is -0.710. The van der Waals surface area contributed by atoms with Gasteiger partial charge in [0.25, 0.3) is 0 Å². The molecule has 1 aliphatic carbocycles. The lowest BCUT2D eigenvalue weighted by Crippen LogP contribution is -2.50. The summed E-state index contributed by atoms with van der Waals surface area (Å²) < 4.78 is 19.0. The minimum absolute atomic E-state index is 0.0926. The van der Waals surface area contributed by atoms with E-state index in [1.807, 2.05) is 6.92 Å². The molecule has 170 valence electrons. The second kappa shape index (κ2) is 11.4. The summed E-state index contributed by atoms with van der Waals surface area (Å²) in [6.07, 6.45) is 1.94. The highest BCUT2D eigenvalue weighted by Crippen LogP contribution is 2.45. The van der Waals surface area contributed by atoms with Crippen molar-refractivity contribution in [2.45, 2.75) is 59.4 Å². The Morgan fingerprint density at radius 2 is 1.63 bits per heavy atom. The van der Waals surface area contributed by atoms with Gasteiger partial charge >= 0.3 is 24.1 Å². The van der Waals surface area contributed by atoms with Crippen LogP contribution in [-0.2, 0) is 28.5 Å². The molecule has 1 fully saturated rings. The summed E-state index contributed by atoms with van der Waals surface area (Å²) in [5.41, 5.74) is -0.407. The van der Waals surface area contributed by atoms with Crippen molar-refractivity contribution >= 4 is 24.1 Å². The Morgan fingerprint density at radius 1 is 1.00 bits per heavy atom. The molecule has 0 aliphatic heterocycles. The number of hydrogen-bond donors (Lipinski definition) is 2. The maximum Gasteiger partial charge on any atom is 0.410 e. The first kappa shape index (κ1) is 25.3. The molecule has 0 aromatic rings. The van der Waals surface area contributed by atoms with Crippen LogP contribution in [-0.4, -0.2) is 50.3 Å². The largest absolute Gasteiger partial charge is 0.428 e. The molecule has 2 N–H and O–H groups in total. The average molecular weight is 428 g/mol. The fourth-order valence-electron chi connectivity index (χ4n) is 3.87. The first-order valence-electron chi connectivity index (χ1n) is 9.77. The molecule has 0 radical (unpaired) electrons. The van der Waals surface area contributed by atoms with Crippen LogP contribution in [0.3, 0.4) is 0 Å². The van der Waals surface area contributed by atoms with Crippen molar-refractivity contribution in [3.63, 3.8) is 0 Å². The Balaban J connectivity index is 2.52. The van der Waals surface area contributed by atoms with Gasteiger partial charge in [-0.2, -0.15) is 0 Å². The molecule has 2 amide bonds. The van der Waals surface area contributed by atoms with Crippen LogP contribution < -0.4 is 10.6 Å². The van der Waals surface area contributed by atoms with E-state index in [9.17, 15) is 19.2 Å². The average Bonchev–Trinajstić information content (AvgIpc) is 2.64. The Bertz CT molecular complexity index is 649. The maximum atomic E-state index is 12.0. The third-order valence-electron chi connectivity index (χ3n) is 4.68. The zero-order valence-corrected chi connectivity index (χ0v) is 18.1. The summed E-state index contributed by atoms with van der Waals surface area (Å²) in [5, 5.41) is 5.47. The second-order valence-corrected chi connectivity index (χ2v) is 8.39. The van der Waals surface area contributed by atoms with E-state index in [1.54, 1.807) is 6.92 Å². The molecule has 0 heterocycles. The van der Waals surface area contributed by atoms with Crippen LogP contribution in [0.5, 0.6) is 0 Å². The maximum absolute atomic E-state index is 12.0. The van der Waals surface area contributed by atoms with E-state index in [-0.39, 0.29) is 23.3 Å². The van der Waals surface area contributed by atoms with Crippen molar-refractivity contribution in [1.82, 2.24) is 10.6 Å². The van der Waals surface area contributed by atoms with Crippen molar-refractivity contribution in [3.8, 4) is 0 Å². The predicted molar refractivity (Wildman–Crippen MR) is 106 cm³/mol. The van der Waals surface area contributed by atoms with Gasteiger partial charge < -0.3 is 29.6 Å². The Labute approximate surface area is 176 Å². The van der Waals surface area contributed by atoms with Crippen LogP contribution in [0.25, 0.3) is 0 Å². The zero-order valence-electron chi connectivity index (χ0n) is 18.1. The van der Waals surface area contributed by atoms with Crippen molar-refractivity contribution < 1.29 is 38.1 Å². The number of rotatable bonds is 9. The highest BCUT2D eigenvalue weighted by Gasteiger charge is 2.42. The molecule has 1 aliphatic rings. The van der Waals surface area contributed by atoms with E-state index < -0.39 is 37.7 Å². The number of carbonyl (C=O) groups excluding carboxylic acids is 4. The van der Waals surface area contributed by atoms with E-state index in [4.69, 9.17) is 14.2 Å². The fourth-order valence-corrected chi connectivity index (χ4v) is 3.87. The normalized spacial score (nSPS) is 22.2. The Kier molecular flexibility index (Phi) is 9.61. The van der Waals surface area contributed by atoms with Crippen LogP contribution in [0.1, 0.15) is 53.4 Å². The lowest BCUT2D eigenvalue weighted by atomic mass is 9.62. The molecule has 0 saturated heterocycles. The van der Waals surface area contributed by atoms with Gasteiger partial charge in [0.15, 0.2) is 0 Å². The number of alkyl carbamates (subject to hydrolysis) is 2. The molecular formula is C20H32N2O8. The molecule has 30 heavy (non-hydrogen) atoms. The van der Waals surface area contributed by atoms with Gasteiger partial charge in [0.05, 0.1) is 0 Å². The highest BCUT2D eigenvalue weighted by atomic mass is 16.7. The predicted octanol–water partition coefficient (Wildman–Crippen LogP) is 2.62. The molecule has 2 atom stereocenters. The first-order valence-corrected chi connectivity index (χ1v) is 9.77. The summed E-state index contributed by atoms with van der Waals surface area (Å²) in [4.78, 5) is 45.9. The van der Waals surface area contributed by atoms with Gasteiger partial charge in [0.1, 0.15) is 0 Å². The van der Waals surface area contributed by atoms with Gasteiger partial charge in [0, 0.05) is 25.1 Å². The van der Waals surface area contributed by atoms with E-state index in [0.29, 0.717) is 13.0 Å². The molecule has 0 aromatic heterocycles. The number of hydrogen-bond acceptors (Lipinski definition) is 8. The lowest BCUT2D eigenvalue weighted by molar-refractivity contribution is -0.151. The summed E-state index contributed by atoms with van der Waals surface area (Å²) in [6, 6.07) is -0.181. The topological polar surface area (TPSA) is 129 Å². The number of esters is 2. The number of amides is 2. The number of ether oxygens (including phenoxy) is 4. The van der Waals surface area contributed by atoms with E-state index in [0.717, 1.165) is 18.9 Å². The van der Waals surface area contributed by atoms with E-state index >= 15 is 0 Å². The molecule has 10 nitrogen and oxygen atoms in total. The van der Waals surface area contributed by atoms with Gasteiger partial charge in [-0.25, -0.2) is 14.4 Å². The Morgan fingerprint density at radius 3 is 2.27 bits per heavy atom. The third kappa shape index (κ3) is 9.62. The summed E-state index contributed by atoms with van der Waals surface area (Å²) in [5.74, 6) is -1.14. The second-order valence-electron chi connectivity index (χ2n) is 8.39. The summed E-state index contributed by atoms with van der Waals surface area (Å²) in [6.45, 7) is 10.4. The van der Waals surface area contributed by atoms with E-state index in [1.165, 1.54) is 0 Å². The third-order valence-corrected chi connectivity index (χ3v) is 4.68. The Hall–Kier alpha value is -2.78. The molecule has 1 saturated carbocycles. The molecule has 0 spiro atoms. The van der Waals surface area contributed by atoms with E-state index in [2.05, 4.69) is 35.8 Å². The SMILES string of the molecule is C=CC(=O)OCOC(=O)NCC1(C)CC(NC(=O)OCOC(=O)CC)CC(C)(C)C1. The first-order chi connectivity index (χ1) is 14.0. The molecular weight excluding hydrogens is 396 g/mol. The van der Waals surface area contributed by atoms with Gasteiger partial charge in [-0.1, -0.05) is 34.3 Å². The van der Waals surface area contributed by atoms with Crippen LogP contribution in [0, 0.1) is 10.8 Å².